The summed E-state index contributed by atoms with van der Waals surface area (Å²) < 4.78 is 5.59. The molecule has 0 aliphatic heterocycles. The maximum atomic E-state index is 12.8. The molecule has 0 N–H and O–H groups in total. The number of benzene rings is 3. The van der Waals surface area contributed by atoms with Crippen LogP contribution in [-0.4, -0.2) is 5.97 Å². The van der Waals surface area contributed by atoms with Gasteiger partial charge in [-0.15, -0.1) is 0 Å². The molecular weight excluding hydrogens is 376 g/mol. The number of allylic oxidation sites excluding steroid dienone is 1. The normalized spacial score (nSPS) is 14.7. The Bertz CT molecular complexity index is 1060. The highest BCUT2D eigenvalue weighted by Crippen LogP contribution is 2.45. The molecule has 0 atom stereocenters. The van der Waals surface area contributed by atoms with Gasteiger partial charge in [0.2, 0.25) is 0 Å². The molecule has 0 bridgehead atoms. The molecule has 0 heterocycles. The van der Waals surface area contributed by atoms with E-state index in [1.807, 2.05) is 61.5 Å². The number of carbonyl (C=O) groups excluding carboxylic acids is 1. The number of rotatable bonds is 4. The average molecular weight is 401 g/mol. The summed E-state index contributed by atoms with van der Waals surface area (Å²) in [5, 5.41) is 0. The fourth-order valence-corrected chi connectivity index (χ4v) is 4.51. The van der Waals surface area contributed by atoms with Crippen LogP contribution in [0.15, 0.2) is 83.8 Å². The smallest absolute Gasteiger partial charge is 0.343 e. The summed E-state index contributed by atoms with van der Waals surface area (Å²) in [5.41, 5.74) is 4.13. The van der Waals surface area contributed by atoms with E-state index in [1.165, 1.54) is 15.4 Å². The van der Waals surface area contributed by atoms with E-state index in [2.05, 4.69) is 38.1 Å². The topological polar surface area (TPSA) is 26.3 Å². The second-order valence-electron chi connectivity index (χ2n) is 8.03. The van der Waals surface area contributed by atoms with Gasteiger partial charge in [-0.1, -0.05) is 73.6 Å². The number of hydrogen-bond acceptors (Lipinski definition) is 3. The van der Waals surface area contributed by atoms with Crippen molar-refractivity contribution in [3.05, 3.63) is 101 Å². The van der Waals surface area contributed by atoms with E-state index in [0.29, 0.717) is 11.3 Å². The first kappa shape index (κ1) is 19.5. The van der Waals surface area contributed by atoms with Gasteiger partial charge < -0.3 is 4.74 Å². The number of thioether (sulfide) groups is 1. The van der Waals surface area contributed by atoms with Crippen molar-refractivity contribution in [1.82, 2.24) is 0 Å². The summed E-state index contributed by atoms with van der Waals surface area (Å²) in [6.07, 6.45) is 3.26. The molecule has 4 rings (SSSR count). The minimum absolute atomic E-state index is 0.0372. The van der Waals surface area contributed by atoms with Crippen LogP contribution < -0.4 is 4.74 Å². The Morgan fingerprint density at radius 1 is 0.966 bits per heavy atom. The summed E-state index contributed by atoms with van der Waals surface area (Å²) >= 11 is 1.74. The van der Waals surface area contributed by atoms with Gasteiger partial charge in [0.1, 0.15) is 5.75 Å². The molecule has 146 valence electrons. The van der Waals surface area contributed by atoms with Crippen molar-refractivity contribution in [3.8, 4) is 5.75 Å². The number of hydrogen-bond donors (Lipinski definition) is 0. The molecule has 0 saturated carbocycles. The van der Waals surface area contributed by atoms with Gasteiger partial charge in [0.15, 0.2) is 0 Å². The molecule has 3 aromatic rings. The molecule has 2 nitrogen and oxygen atoms in total. The van der Waals surface area contributed by atoms with Crippen LogP contribution in [0.1, 0.15) is 47.3 Å². The van der Waals surface area contributed by atoms with Crippen LogP contribution in [0.3, 0.4) is 0 Å². The fraction of sp³-hybridized carbons (Fsp3) is 0.192. The molecule has 0 fully saturated rings. The minimum Gasteiger partial charge on any atom is -0.423 e. The number of esters is 1. The van der Waals surface area contributed by atoms with Crippen LogP contribution in [0.5, 0.6) is 5.75 Å². The highest BCUT2D eigenvalue weighted by Gasteiger charge is 2.29. The van der Waals surface area contributed by atoms with Gasteiger partial charge >= 0.3 is 5.97 Å². The zero-order valence-electron chi connectivity index (χ0n) is 16.9. The van der Waals surface area contributed by atoms with Crippen molar-refractivity contribution in [2.45, 2.75) is 37.5 Å². The summed E-state index contributed by atoms with van der Waals surface area (Å²) in [5.74, 6) is 0.233. The fourth-order valence-electron chi connectivity index (χ4n) is 3.52. The van der Waals surface area contributed by atoms with Crippen molar-refractivity contribution in [2.24, 2.45) is 0 Å². The van der Waals surface area contributed by atoms with E-state index in [0.717, 1.165) is 17.5 Å². The second kappa shape index (κ2) is 7.92. The molecule has 1 aliphatic rings. The van der Waals surface area contributed by atoms with Gasteiger partial charge in [0.25, 0.3) is 0 Å². The van der Waals surface area contributed by atoms with Gasteiger partial charge in [0, 0.05) is 9.80 Å². The first-order valence-corrected chi connectivity index (χ1v) is 10.6. The largest absolute Gasteiger partial charge is 0.423 e. The number of fused-ring (bicyclic) bond motifs is 1. The van der Waals surface area contributed by atoms with Crippen LogP contribution >= 0.6 is 11.8 Å². The molecule has 3 aromatic carbocycles. The predicted molar refractivity (Wildman–Crippen MR) is 120 cm³/mol. The Labute approximate surface area is 176 Å². The van der Waals surface area contributed by atoms with Crippen LogP contribution in [0.2, 0.25) is 0 Å². The predicted octanol–water partition coefficient (Wildman–Crippen LogP) is 7.03. The lowest BCUT2D eigenvalue weighted by atomic mass is 9.75. The third kappa shape index (κ3) is 4.30. The van der Waals surface area contributed by atoms with Crippen LogP contribution in [-0.2, 0) is 5.41 Å². The van der Waals surface area contributed by atoms with Crippen molar-refractivity contribution >= 4 is 22.6 Å². The maximum Gasteiger partial charge on any atom is 0.343 e. The highest BCUT2D eigenvalue weighted by molar-refractivity contribution is 8.08. The summed E-state index contributed by atoms with van der Waals surface area (Å²) in [6.45, 7) is 6.50. The Morgan fingerprint density at radius 2 is 1.69 bits per heavy atom. The Balaban J connectivity index is 1.65. The molecule has 0 unspecified atom stereocenters. The third-order valence-electron chi connectivity index (χ3n) is 5.25. The van der Waals surface area contributed by atoms with E-state index < -0.39 is 0 Å². The lowest BCUT2D eigenvalue weighted by Gasteiger charge is -2.32. The first-order valence-electron chi connectivity index (χ1n) is 9.79. The average Bonchev–Trinajstić information content (AvgIpc) is 2.72. The molecule has 0 radical (unpaired) electrons. The molecular formula is C26H24O2S. The van der Waals surface area contributed by atoms with Gasteiger partial charge in [0.05, 0.1) is 5.56 Å². The van der Waals surface area contributed by atoms with Gasteiger partial charge in [-0.3, -0.25) is 0 Å². The van der Waals surface area contributed by atoms with E-state index in [1.54, 1.807) is 11.8 Å². The SMILES string of the molecule is Cc1ccc(OC(=O)c2ccc3c(c2)C(Sc2ccccc2)=CCC3(C)C)cc1. The lowest BCUT2D eigenvalue weighted by Crippen LogP contribution is -2.22. The van der Waals surface area contributed by atoms with E-state index in [-0.39, 0.29) is 11.4 Å². The molecule has 0 amide bonds. The van der Waals surface area contributed by atoms with Crippen LogP contribution in [0.4, 0.5) is 0 Å². The molecule has 0 aromatic heterocycles. The minimum atomic E-state index is -0.330. The molecule has 0 spiro atoms. The lowest BCUT2D eigenvalue weighted by molar-refractivity contribution is 0.0734. The Morgan fingerprint density at radius 3 is 2.41 bits per heavy atom. The van der Waals surface area contributed by atoms with Crippen molar-refractivity contribution in [3.63, 3.8) is 0 Å². The quantitative estimate of drug-likeness (QED) is 0.347. The van der Waals surface area contributed by atoms with Gasteiger partial charge in [-0.25, -0.2) is 4.79 Å². The highest BCUT2D eigenvalue weighted by atomic mass is 32.2. The summed E-state index contributed by atoms with van der Waals surface area (Å²) in [6, 6.07) is 23.8. The van der Waals surface area contributed by atoms with Gasteiger partial charge in [-0.2, -0.15) is 0 Å². The summed E-state index contributed by atoms with van der Waals surface area (Å²) in [4.78, 5) is 15.1. The first-order chi connectivity index (χ1) is 13.9. The zero-order chi connectivity index (χ0) is 20.4. The van der Waals surface area contributed by atoms with Crippen molar-refractivity contribution < 1.29 is 9.53 Å². The molecule has 0 saturated heterocycles. The molecule has 3 heteroatoms. The number of ether oxygens (including phenoxy) is 1. The third-order valence-corrected chi connectivity index (χ3v) is 6.36. The van der Waals surface area contributed by atoms with Crippen LogP contribution in [0.25, 0.3) is 4.91 Å². The number of aryl methyl sites for hydroxylation is 1. The zero-order valence-corrected chi connectivity index (χ0v) is 17.8. The maximum absolute atomic E-state index is 12.8. The second-order valence-corrected chi connectivity index (χ2v) is 9.15. The molecule has 1 aliphatic carbocycles. The van der Waals surface area contributed by atoms with Crippen LogP contribution in [0, 0.1) is 6.92 Å². The van der Waals surface area contributed by atoms with E-state index in [4.69, 9.17) is 4.74 Å². The van der Waals surface area contributed by atoms with Gasteiger partial charge in [-0.05, 0) is 66.3 Å². The van der Waals surface area contributed by atoms with E-state index >= 15 is 0 Å². The van der Waals surface area contributed by atoms with Crippen molar-refractivity contribution in [1.29, 1.82) is 0 Å². The monoisotopic (exact) mass is 400 g/mol. The Hall–Kier alpha value is -2.78. The summed E-state index contributed by atoms with van der Waals surface area (Å²) in [7, 11) is 0. The van der Waals surface area contributed by atoms with Crippen molar-refractivity contribution in [2.75, 3.05) is 0 Å². The standard InChI is InChI=1S/C26H24O2S/c1-18-9-12-20(13-10-18)28-25(27)19-11-14-23-22(17-19)24(15-16-26(23,2)3)29-21-7-5-4-6-8-21/h4-15,17H,16H2,1-3H3. The Kier molecular flexibility index (Phi) is 5.33. The number of carbonyl (C=O) groups is 1. The molecule has 29 heavy (non-hydrogen) atoms. The van der Waals surface area contributed by atoms with E-state index in [9.17, 15) is 4.79 Å².